The molecule has 0 amide bonds. The first-order valence-corrected chi connectivity index (χ1v) is 6.54. The number of likely N-dealkylation sites (tertiary alicyclic amines) is 1. The molecule has 1 aliphatic heterocycles. The summed E-state index contributed by atoms with van der Waals surface area (Å²) >= 11 is 0. The molecule has 1 heterocycles. The number of hydrogen-bond acceptors (Lipinski definition) is 2. The second kappa shape index (κ2) is 5.46. The molecule has 1 aromatic carbocycles. The predicted molar refractivity (Wildman–Crippen MR) is 70.4 cm³/mol. The van der Waals surface area contributed by atoms with Crippen LogP contribution in [0.3, 0.4) is 0 Å². The van der Waals surface area contributed by atoms with Crippen molar-refractivity contribution in [2.24, 2.45) is 0 Å². The van der Waals surface area contributed by atoms with E-state index >= 15 is 0 Å². The number of ketones is 1. The van der Waals surface area contributed by atoms with Gasteiger partial charge < -0.3 is 0 Å². The molecule has 1 atom stereocenters. The minimum absolute atomic E-state index is 0.0244. The molecule has 1 saturated heterocycles. The summed E-state index contributed by atoms with van der Waals surface area (Å²) in [7, 11) is 0. The summed E-state index contributed by atoms with van der Waals surface area (Å²) in [5.41, 5.74) is 1.96. The number of carbonyl (C=O) groups is 1. The molecule has 0 bridgehead atoms. The Balaban J connectivity index is 2.11. The lowest BCUT2D eigenvalue weighted by atomic mass is 9.98. The quantitative estimate of drug-likeness (QED) is 0.745. The zero-order valence-electron chi connectivity index (χ0n) is 10.8. The van der Waals surface area contributed by atoms with Crippen molar-refractivity contribution in [2.45, 2.75) is 39.2 Å². The minimum Gasteiger partial charge on any atom is -0.294 e. The van der Waals surface area contributed by atoms with Gasteiger partial charge in [-0.3, -0.25) is 9.69 Å². The molecule has 0 radical (unpaired) electrons. The zero-order valence-corrected chi connectivity index (χ0v) is 10.8. The standard InChI is InChI=1S/C15H21NO/c1-12-8-4-5-9-14(12)15(17)13(2)16-10-6-3-7-11-16/h4-5,8-9,13H,3,6-7,10-11H2,1-2H3. The van der Waals surface area contributed by atoms with Crippen LogP contribution in [-0.4, -0.2) is 29.8 Å². The van der Waals surface area contributed by atoms with Crippen molar-refractivity contribution in [3.63, 3.8) is 0 Å². The van der Waals surface area contributed by atoms with Crippen molar-refractivity contribution >= 4 is 5.78 Å². The number of rotatable bonds is 3. The molecule has 0 saturated carbocycles. The number of benzene rings is 1. The van der Waals surface area contributed by atoms with Gasteiger partial charge >= 0.3 is 0 Å². The fourth-order valence-corrected chi connectivity index (χ4v) is 2.55. The van der Waals surface area contributed by atoms with E-state index in [9.17, 15) is 4.79 Å². The van der Waals surface area contributed by atoms with E-state index < -0.39 is 0 Å². The molecule has 0 N–H and O–H groups in total. The van der Waals surface area contributed by atoms with Crippen molar-refractivity contribution in [2.75, 3.05) is 13.1 Å². The van der Waals surface area contributed by atoms with Crippen LogP contribution in [0.4, 0.5) is 0 Å². The van der Waals surface area contributed by atoms with Crippen LogP contribution in [-0.2, 0) is 0 Å². The Morgan fingerprint density at radius 1 is 1.18 bits per heavy atom. The van der Waals surface area contributed by atoms with Crippen molar-refractivity contribution in [3.8, 4) is 0 Å². The number of aryl methyl sites for hydroxylation is 1. The molecular weight excluding hydrogens is 210 g/mol. The second-order valence-electron chi connectivity index (χ2n) is 4.95. The Hall–Kier alpha value is -1.15. The fraction of sp³-hybridized carbons (Fsp3) is 0.533. The molecule has 2 heteroatoms. The Morgan fingerprint density at radius 3 is 2.47 bits per heavy atom. The number of carbonyl (C=O) groups excluding carboxylic acids is 1. The van der Waals surface area contributed by atoms with Gasteiger partial charge in [0.05, 0.1) is 6.04 Å². The number of piperidine rings is 1. The monoisotopic (exact) mass is 231 g/mol. The van der Waals surface area contributed by atoms with Gasteiger partial charge in [0.2, 0.25) is 0 Å². The van der Waals surface area contributed by atoms with Crippen LogP contribution >= 0.6 is 0 Å². The van der Waals surface area contributed by atoms with Crippen molar-refractivity contribution in [3.05, 3.63) is 35.4 Å². The first-order chi connectivity index (χ1) is 8.20. The van der Waals surface area contributed by atoms with Gasteiger partial charge in [-0.15, -0.1) is 0 Å². The van der Waals surface area contributed by atoms with E-state index in [0.29, 0.717) is 0 Å². The lowest BCUT2D eigenvalue weighted by Crippen LogP contribution is -2.42. The predicted octanol–water partition coefficient (Wildman–Crippen LogP) is 3.05. The van der Waals surface area contributed by atoms with Gasteiger partial charge in [-0.1, -0.05) is 30.7 Å². The summed E-state index contributed by atoms with van der Waals surface area (Å²) < 4.78 is 0. The molecule has 2 rings (SSSR count). The Kier molecular flexibility index (Phi) is 3.95. The second-order valence-corrected chi connectivity index (χ2v) is 4.95. The molecule has 1 aromatic rings. The van der Waals surface area contributed by atoms with Crippen molar-refractivity contribution in [1.29, 1.82) is 0 Å². The van der Waals surface area contributed by atoms with Crippen LogP contribution < -0.4 is 0 Å². The molecule has 0 aliphatic carbocycles. The Morgan fingerprint density at radius 2 is 1.82 bits per heavy atom. The van der Waals surface area contributed by atoms with Gasteiger partial charge in [0.25, 0.3) is 0 Å². The van der Waals surface area contributed by atoms with Gasteiger partial charge in [-0.05, 0) is 45.3 Å². The molecule has 1 aliphatic rings. The van der Waals surface area contributed by atoms with E-state index in [1.165, 1.54) is 19.3 Å². The lowest BCUT2D eigenvalue weighted by molar-refractivity contribution is 0.0808. The zero-order chi connectivity index (χ0) is 12.3. The van der Waals surface area contributed by atoms with E-state index in [1.54, 1.807) is 0 Å². The lowest BCUT2D eigenvalue weighted by Gasteiger charge is -2.31. The van der Waals surface area contributed by atoms with Gasteiger partial charge in [-0.25, -0.2) is 0 Å². The number of Topliss-reactive ketones (excluding diaryl/α,β-unsaturated/α-hetero) is 1. The highest BCUT2D eigenvalue weighted by Crippen LogP contribution is 2.17. The number of hydrogen-bond donors (Lipinski definition) is 0. The third-order valence-corrected chi connectivity index (χ3v) is 3.73. The molecule has 92 valence electrons. The first-order valence-electron chi connectivity index (χ1n) is 6.54. The smallest absolute Gasteiger partial charge is 0.179 e. The summed E-state index contributed by atoms with van der Waals surface area (Å²) in [6, 6.07) is 7.91. The first kappa shape index (κ1) is 12.3. The van der Waals surface area contributed by atoms with Crippen LogP contribution in [0.1, 0.15) is 42.1 Å². The highest BCUT2D eigenvalue weighted by atomic mass is 16.1. The Bertz CT molecular complexity index is 394. The van der Waals surface area contributed by atoms with E-state index in [-0.39, 0.29) is 11.8 Å². The summed E-state index contributed by atoms with van der Waals surface area (Å²) in [6.45, 7) is 6.19. The molecule has 0 aromatic heterocycles. The molecule has 17 heavy (non-hydrogen) atoms. The summed E-state index contributed by atoms with van der Waals surface area (Å²) in [5, 5.41) is 0. The topological polar surface area (TPSA) is 20.3 Å². The summed E-state index contributed by atoms with van der Waals surface area (Å²) in [6.07, 6.45) is 3.76. The van der Waals surface area contributed by atoms with Crippen molar-refractivity contribution in [1.82, 2.24) is 4.90 Å². The molecule has 2 nitrogen and oxygen atoms in total. The third kappa shape index (κ3) is 2.75. The van der Waals surface area contributed by atoms with E-state index in [2.05, 4.69) is 4.90 Å². The largest absolute Gasteiger partial charge is 0.294 e. The maximum atomic E-state index is 12.4. The van der Waals surface area contributed by atoms with Gasteiger partial charge in [0.1, 0.15) is 0 Å². The molecule has 1 fully saturated rings. The molecule has 0 spiro atoms. The summed E-state index contributed by atoms with van der Waals surface area (Å²) in [5.74, 6) is 0.269. The van der Waals surface area contributed by atoms with Crippen LogP contribution in [0.5, 0.6) is 0 Å². The maximum Gasteiger partial charge on any atom is 0.179 e. The summed E-state index contributed by atoms with van der Waals surface area (Å²) in [4.78, 5) is 14.7. The van der Waals surface area contributed by atoms with E-state index in [4.69, 9.17) is 0 Å². The van der Waals surface area contributed by atoms with E-state index in [1.807, 2.05) is 38.1 Å². The number of nitrogens with zero attached hydrogens (tertiary/aromatic N) is 1. The van der Waals surface area contributed by atoms with Crippen LogP contribution in [0, 0.1) is 6.92 Å². The fourth-order valence-electron chi connectivity index (χ4n) is 2.55. The highest BCUT2D eigenvalue weighted by molar-refractivity contribution is 6.01. The van der Waals surface area contributed by atoms with Crippen LogP contribution in [0.25, 0.3) is 0 Å². The van der Waals surface area contributed by atoms with Gasteiger partial charge in [0, 0.05) is 5.56 Å². The minimum atomic E-state index is 0.0244. The Labute approximate surface area is 104 Å². The average molecular weight is 231 g/mol. The highest BCUT2D eigenvalue weighted by Gasteiger charge is 2.24. The SMILES string of the molecule is Cc1ccccc1C(=O)C(C)N1CCCCC1. The molecule has 1 unspecified atom stereocenters. The normalized spacial score (nSPS) is 18.9. The van der Waals surface area contributed by atoms with Crippen LogP contribution in [0.2, 0.25) is 0 Å². The van der Waals surface area contributed by atoms with Crippen LogP contribution in [0.15, 0.2) is 24.3 Å². The maximum absolute atomic E-state index is 12.4. The van der Waals surface area contributed by atoms with Crippen molar-refractivity contribution < 1.29 is 4.79 Å². The molecular formula is C15H21NO. The average Bonchev–Trinajstić information content (AvgIpc) is 2.39. The van der Waals surface area contributed by atoms with Gasteiger partial charge in [0.15, 0.2) is 5.78 Å². The third-order valence-electron chi connectivity index (χ3n) is 3.73. The van der Waals surface area contributed by atoms with E-state index in [0.717, 1.165) is 24.2 Å². The van der Waals surface area contributed by atoms with Gasteiger partial charge in [-0.2, -0.15) is 0 Å².